The first kappa shape index (κ1) is 9.11. The standard InChI is InChI=1S/C11H15O/c1-3-7-10-8-5-6-9-11(10)12-4-2/h5-6,8H,3-4,7H2,1-2H3. The molecule has 0 bridgehead atoms. The van der Waals surface area contributed by atoms with E-state index < -0.39 is 0 Å². The van der Waals surface area contributed by atoms with E-state index in [1.807, 2.05) is 19.1 Å². The van der Waals surface area contributed by atoms with Gasteiger partial charge in [-0.15, -0.1) is 0 Å². The molecule has 0 aliphatic carbocycles. The predicted octanol–water partition coefficient (Wildman–Crippen LogP) is 2.84. The molecule has 0 fully saturated rings. The topological polar surface area (TPSA) is 9.23 Å². The predicted molar refractivity (Wildman–Crippen MR) is 50.4 cm³/mol. The Balaban J connectivity index is 2.77. The van der Waals surface area contributed by atoms with Gasteiger partial charge in [-0.3, -0.25) is 0 Å². The fourth-order valence-corrected chi connectivity index (χ4v) is 1.20. The Bertz CT molecular complexity index is 205. The van der Waals surface area contributed by atoms with Gasteiger partial charge >= 0.3 is 0 Å². The van der Waals surface area contributed by atoms with Crippen LogP contribution in [0.1, 0.15) is 25.8 Å². The molecule has 0 saturated heterocycles. The van der Waals surface area contributed by atoms with Crippen LogP contribution in [-0.4, -0.2) is 6.61 Å². The van der Waals surface area contributed by atoms with E-state index >= 15 is 0 Å². The molecule has 0 spiro atoms. The first-order chi connectivity index (χ1) is 5.88. The molecule has 1 aromatic rings. The third kappa shape index (κ3) is 2.26. The van der Waals surface area contributed by atoms with Crippen molar-refractivity contribution in [3.8, 4) is 5.75 Å². The van der Waals surface area contributed by atoms with Gasteiger partial charge in [0.15, 0.2) is 0 Å². The second-order valence-corrected chi connectivity index (χ2v) is 2.71. The van der Waals surface area contributed by atoms with Gasteiger partial charge in [-0.1, -0.05) is 31.5 Å². The number of ether oxygens (including phenoxy) is 1. The van der Waals surface area contributed by atoms with Gasteiger partial charge in [0.05, 0.1) is 6.61 Å². The Morgan fingerprint density at radius 2 is 2.25 bits per heavy atom. The summed E-state index contributed by atoms with van der Waals surface area (Å²) in [5.74, 6) is 0.918. The third-order valence-corrected chi connectivity index (χ3v) is 1.71. The van der Waals surface area contributed by atoms with Crippen LogP contribution in [0.3, 0.4) is 0 Å². The van der Waals surface area contributed by atoms with E-state index in [2.05, 4.69) is 19.1 Å². The Labute approximate surface area is 74.4 Å². The molecule has 65 valence electrons. The Morgan fingerprint density at radius 3 is 2.92 bits per heavy atom. The van der Waals surface area contributed by atoms with Gasteiger partial charge in [0, 0.05) is 6.07 Å². The lowest BCUT2D eigenvalue weighted by atomic mass is 10.1. The Hall–Kier alpha value is -0.980. The van der Waals surface area contributed by atoms with Gasteiger partial charge < -0.3 is 4.74 Å². The molecule has 0 aliphatic heterocycles. The van der Waals surface area contributed by atoms with E-state index in [4.69, 9.17) is 4.74 Å². The molecular formula is C11H15O. The van der Waals surface area contributed by atoms with Crippen molar-refractivity contribution >= 4 is 0 Å². The number of hydrogen-bond donors (Lipinski definition) is 0. The summed E-state index contributed by atoms with van der Waals surface area (Å²) in [5.41, 5.74) is 1.27. The minimum Gasteiger partial charge on any atom is -0.493 e. The smallest absolute Gasteiger partial charge is 0.130 e. The van der Waals surface area contributed by atoms with Gasteiger partial charge in [0.25, 0.3) is 0 Å². The summed E-state index contributed by atoms with van der Waals surface area (Å²) < 4.78 is 5.43. The van der Waals surface area contributed by atoms with Crippen molar-refractivity contribution in [1.29, 1.82) is 0 Å². The van der Waals surface area contributed by atoms with Crippen molar-refractivity contribution < 1.29 is 4.74 Å². The average molecular weight is 163 g/mol. The number of benzene rings is 1. The fraction of sp³-hybridized carbons (Fsp3) is 0.455. The molecule has 1 rings (SSSR count). The molecule has 0 aliphatic rings. The van der Waals surface area contributed by atoms with Gasteiger partial charge in [-0.05, 0) is 18.9 Å². The van der Waals surface area contributed by atoms with E-state index in [9.17, 15) is 0 Å². The zero-order valence-electron chi connectivity index (χ0n) is 7.76. The largest absolute Gasteiger partial charge is 0.493 e. The van der Waals surface area contributed by atoms with Crippen LogP contribution in [0.15, 0.2) is 18.2 Å². The van der Waals surface area contributed by atoms with Crippen molar-refractivity contribution in [2.24, 2.45) is 0 Å². The van der Waals surface area contributed by atoms with Crippen LogP contribution < -0.4 is 4.74 Å². The zero-order valence-corrected chi connectivity index (χ0v) is 7.76. The van der Waals surface area contributed by atoms with Crippen LogP contribution in [0.2, 0.25) is 0 Å². The van der Waals surface area contributed by atoms with Crippen LogP contribution in [0, 0.1) is 6.07 Å². The lowest BCUT2D eigenvalue weighted by Gasteiger charge is -2.07. The van der Waals surface area contributed by atoms with Crippen LogP contribution >= 0.6 is 0 Å². The zero-order chi connectivity index (χ0) is 8.81. The maximum Gasteiger partial charge on any atom is 0.130 e. The monoisotopic (exact) mass is 163 g/mol. The highest BCUT2D eigenvalue weighted by Gasteiger charge is 1.99. The molecule has 0 saturated carbocycles. The number of para-hydroxylation sites is 1. The normalized spacial score (nSPS) is 9.83. The maximum absolute atomic E-state index is 5.43. The average Bonchev–Trinajstić information content (AvgIpc) is 2.09. The summed E-state index contributed by atoms with van der Waals surface area (Å²) in [6.45, 7) is 4.89. The van der Waals surface area contributed by atoms with Crippen LogP contribution in [0.5, 0.6) is 5.75 Å². The van der Waals surface area contributed by atoms with Crippen LogP contribution in [-0.2, 0) is 6.42 Å². The van der Waals surface area contributed by atoms with Crippen LogP contribution in [0.25, 0.3) is 0 Å². The first-order valence-corrected chi connectivity index (χ1v) is 4.50. The second-order valence-electron chi connectivity index (χ2n) is 2.71. The molecule has 1 radical (unpaired) electrons. The molecule has 1 aromatic carbocycles. The van der Waals surface area contributed by atoms with E-state index in [-0.39, 0.29) is 0 Å². The van der Waals surface area contributed by atoms with Crippen molar-refractivity contribution in [1.82, 2.24) is 0 Å². The lowest BCUT2D eigenvalue weighted by molar-refractivity contribution is 0.335. The molecular weight excluding hydrogens is 148 g/mol. The van der Waals surface area contributed by atoms with E-state index in [1.165, 1.54) is 5.56 Å². The third-order valence-electron chi connectivity index (χ3n) is 1.71. The van der Waals surface area contributed by atoms with Crippen molar-refractivity contribution in [2.75, 3.05) is 6.61 Å². The molecule has 0 atom stereocenters. The highest BCUT2D eigenvalue weighted by molar-refractivity contribution is 5.32. The van der Waals surface area contributed by atoms with Gasteiger partial charge in [0.1, 0.15) is 5.75 Å². The minimum absolute atomic E-state index is 0.719. The quantitative estimate of drug-likeness (QED) is 0.663. The van der Waals surface area contributed by atoms with E-state index in [0.717, 1.165) is 25.2 Å². The minimum atomic E-state index is 0.719. The van der Waals surface area contributed by atoms with Gasteiger partial charge in [-0.2, -0.15) is 0 Å². The Kier molecular flexibility index (Phi) is 3.65. The molecule has 1 heteroatoms. The fourth-order valence-electron chi connectivity index (χ4n) is 1.20. The summed E-state index contributed by atoms with van der Waals surface area (Å²) in [6, 6.07) is 9.10. The van der Waals surface area contributed by atoms with Crippen LogP contribution in [0.4, 0.5) is 0 Å². The molecule has 1 nitrogen and oxygen atoms in total. The van der Waals surface area contributed by atoms with Crippen molar-refractivity contribution in [3.63, 3.8) is 0 Å². The Morgan fingerprint density at radius 1 is 1.42 bits per heavy atom. The highest BCUT2D eigenvalue weighted by Crippen LogP contribution is 2.18. The van der Waals surface area contributed by atoms with Gasteiger partial charge in [-0.25, -0.2) is 0 Å². The summed E-state index contributed by atoms with van der Waals surface area (Å²) in [4.78, 5) is 0. The van der Waals surface area contributed by atoms with E-state index in [0.29, 0.717) is 0 Å². The summed E-state index contributed by atoms with van der Waals surface area (Å²) in [6.07, 6.45) is 2.23. The highest BCUT2D eigenvalue weighted by atomic mass is 16.5. The molecule has 0 N–H and O–H groups in total. The summed E-state index contributed by atoms with van der Waals surface area (Å²) in [5, 5.41) is 0. The molecule has 0 heterocycles. The van der Waals surface area contributed by atoms with Gasteiger partial charge in [0.2, 0.25) is 0 Å². The summed E-state index contributed by atoms with van der Waals surface area (Å²) in [7, 11) is 0. The second kappa shape index (κ2) is 4.81. The number of hydrogen-bond acceptors (Lipinski definition) is 1. The lowest BCUT2D eigenvalue weighted by Crippen LogP contribution is -1.96. The van der Waals surface area contributed by atoms with Crippen molar-refractivity contribution in [3.05, 3.63) is 29.8 Å². The first-order valence-electron chi connectivity index (χ1n) is 4.50. The maximum atomic E-state index is 5.43. The molecule has 0 unspecified atom stereocenters. The van der Waals surface area contributed by atoms with E-state index in [1.54, 1.807) is 0 Å². The molecule has 12 heavy (non-hydrogen) atoms. The number of rotatable bonds is 4. The SMILES string of the molecule is CCCc1ccc[c]c1OCC. The van der Waals surface area contributed by atoms with Crippen molar-refractivity contribution in [2.45, 2.75) is 26.7 Å². The number of aryl methyl sites for hydroxylation is 1. The summed E-state index contributed by atoms with van der Waals surface area (Å²) >= 11 is 0. The molecule has 0 amide bonds. The molecule has 0 aromatic heterocycles.